The van der Waals surface area contributed by atoms with Gasteiger partial charge >= 0.3 is 6.18 Å². The molecule has 27 heavy (non-hydrogen) atoms. The number of hydrogen-bond acceptors (Lipinski definition) is 5. The number of rotatable bonds is 3. The number of anilines is 1. The second-order valence-corrected chi connectivity index (χ2v) is 7.17. The van der Waals surface area contributed by atoms with Gasteiger partial charge in [-0.25, -0.2) is 19.3 Å². The third kappa shape index (κ3) is 3.48. The first-order valence-corrected chi connectivity index (χ1v) is 8.74. The number of fused-ring (bicyclic) bond motifs is 1. The molecule has 1 saturated heterocycles. The Labute approximate surface area is 159 Å². The van der Waals surface area contributed by atoms with Crippen LogP contribution in [0.3, 0.4) is 0 Å². The Morgan fingerprint density at radius 1 is 1.22 bits per heavy atom. The Kier molecular flexibility index (Phi) is 4.30. The molecule has 1 fully saturated rings. The molecule has 4 heterocycles. The molecule has 6 nitrogen and oxygen atoms in total. The number of hydrogen-bond donors (Lipinski definition) is 1. The minimum absolute atomic E-state index is 0.0378. The van der Waals surface area contributed by atoms with Crippen LogP contribution in [0.2, 0.25) is 0 Å². The molecule has 0 amide bonds. The maximum atomic E-state index is 14.3. The van der Waals surface area contributed by atoms with Crippen LogP contribution in [0.1, 0.15) is 6.04 Å². The van der Waals surface area contributed by atoms with Gasteiger partial charge in [-0.05, 0) is 22.0 Å². The molecule has 0 aromatic carbocycles. The van der Waals surface area contributed by atoms with Gasteiger partial charge in [0.2, 0.25) is 5.95 Å². The zero-order valence-corrected chi connectivity index (χ0v) is 15.3. The Balaban J connectivity index is 1.74. The Morgan fingerprint density at radius 2 is 1.96 bits per heavy atom. The molecule has 1 aliphatic heterocycles. The second-order valence-electron chi connectivity index (χ2n) is 6.36. The van der Waals surface area contributed by atoms with Crippen molar-refractivity contribution in [2.75, 3.05) is 25.4 Å². The summed E-state index contributed by atoms with van der Waals surface area (Å²) in [6.45, 7) is -0.462. The molecule has 3 aromatic heterocycles. The van der Waals surface area contributed by atoms with Crippen molar-refractivity contribution in [2.24, 2.45) is 0 Å². The Bertz CT molecular complexity index is 1010. The van der Waals surface area contributed by atoms with Crippen molar-refractivity contribution in [1.82, 2.24) is 24.4 Å². The van der Waals surface area contributed by atoms with Crippen LogP contribution in [-0.4, -0.2) is 50.2 Å². The van der Waals surface area contributed by atoms with Gasteiger partial charge in [0.1, 0.15) is 10.3 Å². The molecular formula is C16H13BrF4N6. The van der Waals surface area contributed by atoms with Crippen LogP contribution in [-0.2, 0) is 0 Å². The summed E-state index contributed by atoms with van der Waals surface area (Å²) in [7, 11) is 0. The number of nitrogens with two attached hydrogens (primary N) is 1. The highest BCUT2D eigenvalue weighted by Crippen LogP contribution is 2.36. The van der Waals surface area contributed by atoms with Crippen LogP contribution in [0.15, 0.2) is 29.3 Å². The Hall–Kier alpha value is -2.27. The maximum Gasteiger partial charge on any atom is 0.401 e. The summed E-state index contributed by atoms with van der Waals surface area (Å²) >= 11 is 3.29. The minimum atomic E-state index is -4.23. The van der Waals surface area contributed by atoms with Crippen molar-refractivity contribution in [2.45, 2.75) is 12.2 Å². The molecule has 0 atom stereocenters. The normalized spacial score (nSPS) is 16.0. The SMILES string of the molecule is Nc1ncc(F)c(-c2cn(C3CN(CC(F)(F)F)C3)c3cnc(Br)cc23)n1. The van der Waals surface area contributed by atoms with Gasteiger partial charge in [-0.2, -0.15) is 13.2 Å². The lowest BCUT2D eigenvalue weighted by molar-refractivity contribution is -0.157. The highest BCUT2D eigenvalue weighted by molar-refractivity contribution is 9.10. The molecule has 0 radical (unpaired) electrons. The van der Waals surface area contributed by atoms with Gasteiger partial charge < -0.3 is 10.3 Å². The smallest absolute Gasteiger partial charge is 0.368 e. The van der Waals surface area contributed by atoms with Crippen molar-refractivity contribution in [3.05, 3.63) is 35.1 Å². The van der Waals surface area contributed by atoms with Crippen molar-refractivity contribution in [3.8, 4) is 11.3 Å². The minimum Gasteiger partial charge on any atom is -0.368 e. The van der Waals surface area contributed by atoms with Crippen LogP contribution in [0.5, 0.6) is 0 Å². The first-order valence-electron chi connectivity index (χ1n) is 7.95. The summed E-state index contributed by atoms with van der Waals surface area (Å²) < 4.78 is 54.2. The highest BCUT2D eigenvalue weighted by Gasteiger charge is 2.38. The van der Waals surface area contributed by atoms with Gasteiger partial charge in [0.15, 0.2) is 5.82 Å². The fraction of sp³-hybridized carbons (Fsp3) is 0.312. The van der Waals surface area contributed by atoms with Crippen LogP contribution < -0.4 is 5.73 Å². The molecule has 0 bridgehead atoms. The number of halogens is 5. The van der Waals surface area contributed by atoms with Crippen LogP contribution >= 0.6 is 15.9 Å². The number of pyridine rings is 1. The van der Waals surface area contributed by atoms with Gasteiger partial charge in [0.25, 0.3) is 0 Å². The summed E-state index contributed by atoms with van der Waals surface area (Å²) in [6, 6.07) is 1.54. The standard InChI is InChI=1S/C16H13BrF4N6/c17-13-1-9-10(14-11(18)2-24-15(22)25-14)6-27(12(9)3-23-13)8-4-26(5-8)7-16(19,20)21/h1-3,6,8H,4-5,7H2,(H2,22,24,25). The van der Waals surface area contributed by atoms with E-state index in [-0.39, 0.29) is 30.8 Å². The average molecular weight is 445 g/mol. The van der Waals surface area contributed by atoms with E-state index in [1.807, 2.05) is 4.57 Å². The summed E-state index contributed by atoms with van der Waals surface area (Å²) in [5.41, 5.74) is 6.79. The number of nitrogens with zero attached hydrogens (tertiary/aromatic N) is 5. The first kappa shape index (κ1) is 18.1. The largest absolute Gasteiger partial charge is 0.401 e. The molecule has 11 heteroatoms. The molecule has 0 aliphatic carbocycles. The summed E-state index contributed by atoms with van der Waals surface area (Å²) in [6.07, 6.45) is 0.0332. The number of nitrogen functional groups attached to an aromatic ring is 1. The number of alkyl halides is 3. The van der Waals surface area contributed by atoms with Crippen LogP contribution in [0, 0.1) is 5.82 Å². The van der Waals surface area contributed by atoms with E-state index < -0.39 is 18.5 Å². The molecule has 0 saturated carbocycles. The molecular weight excluding hydrogens is 432 g/mol. The maximum absolute atomic E-state index is 14.3. The molecule has 0 unspecified atom stereocenters. The predicted molar refractivity (Wildman–Crippen MR) is 94.4 cm³/mol. The Morgan fingerprint density at radius 3 is 2.67 bits per heavy atom. The van der Waals surface area contributed by atoms with Crippen LogP contribution in [0.25, 0.3) is 22.2 Å². The lowest BCUT2D eigenvalue weighted by atomic mass is 10.1. The third-order valence-electron chi connectivity index (χ3n) is 4.44. The molecule has 142 valence electrons. The van der Waals surface area contributed by atoms with E-state index in [1.54, 1.807) is 18.5 Å². The van der Waals surface area contributed by atoms with Gasteiger partial charge in [-0.15, -0.1) is 0 Å². The lowest BCUT2D eigenvalue weighted by Gasteiger charge is -2.40. The van der Waals surface area contributed by atoms with E-state index in [0.29, 0.717) is 21.1 Å². The summed E-state index contributed by atoms with van der Waals surface area (Å²) in [4.78, 5) is 13.1. The third-order valence-corrected chi connectivity index (χ3v) is 4.87. The number of likely N-dealkylation sites (tertiary alicyclic amines) is 1. The monoisotopic (exact) mass is 444 g/mol. The van der Waals surface area contributed by atoms with E-state index >= 15 is 0 Å². The number of aromatic nitrogens is 4. The lowest BCUT2D eigenvalue weighted by Crippen LogP contribution is -2.51. The molecule has 3 aromatic rings. The molecule has 1 aliphatic rings. The molecule has 0 spiro atoms. The fourth-order valence-corrected chi connectivity index (χ4v) is 3.62. The van der Waals surface area contributed by atoms with Crippen molar-refractivity contribution in [1.29, 1.82) is 0 Å². The van der Waals surface area contributed by atoms with E-state index in [2.05, 4.69) is 30.9 Å². The molecule has 2 N–H and O–H groups in total. The van der Waals surface area contributed by atoms with E-state index in [1.165, 1.54) is 4.90 Å². The second kappa shape index (κ2) is 6.41. The van der Waals surface area contributed by atoms with Gasteiger partial charge in [0, 0.05) is 30.2 Å². The van der Waals surface area contributed by atoms with E-state index in [9.17, 15) is 17.6 Å². The van der Waals surface area contributed by atoms with E-state index in [0.717, 1.165) is 6.20 Å². The van der Waals surface area contributed by atoms with Gasteiger partial charge in [-0.3, -0.25) is 4.90 Å². The topological polar surface area (TPSA) is 72.9 Å². The summed E-state index contributed by atoms with van der Waals surface area (Å²) in [5, 5.41) is 0.670. The van der Waals surface area contributed by atoms with Crippen LogP contribution in [0.4, 0.5) is 23.5 Å². The van der Waals surface area contributed by atoms with Gasteiger partial charge in [0.05, 0.1) is 30.5 Å². The van der Waals surface area contributed by atoms with Crippen molar-refractivity contribution >= 4 is 32.8 Å². The first-order chi connectivity index (χ1) is 12.7. The molecule has 4 rings (SSSR count). The quantitative estimate of drug-likeness (QED) is 0.495. The highest BCUT2D eigenvalue weighted by atomic mass is 79.9. The summed E-state index contributed by atoms with van der Waals surface area (Å²) in [5.74, 6) is -0.705. The predicted octanol–water partition coefficient (Wildman–Crippen LogP) is 3.40. The van der Waals surface area contributed by atoms with Crippen molar-refractivity contribution in [3.63, 3.8) is 0 Å². The fourth-order valence-electron chi connectivity index (χ4n) is 3.28. The van der Waals surface area contributed by atoms with E-state index in [4.69, 9.17) is 5.73 Å². The average Bonchev–Trinajstić information content (AvgIpc) is 2.90. The van der Waals surface area contributed by atoms with Crippen molar-refractivity contribution < 1.29 is 17.6 Å². The zero-order chi connectivity index (χ0) is 19.3. The zero-order valence-electron chi connectivity index (χ0n) is 13.7. The van der Waals surface area contributed by atoms with Gasteiger partial charge in [-0.1, -0.05) is 0 Å².